The van der Waals surface area contributed by atoms with Crippen LogP contribution in [0.25, 0.3) is 0 Å². The summed E-state index contributed by atoms with van der Waals surface area (Å²) in [6, 6.07) is 6.06. The number of hydrogen-bond donors (Lipinski definition) is 1. The van der Waals surface area contributed by atoms with Crippen LogP contribution < -0.4 is 10.5 Å². The Morgan fingerprint density at radius 2 is 2.22 bits per heavy atom. The minimum atomic E-state index is 0.278. The van der Waals surface area contributed by atoms with Gasteiger partial charge in [-0.2, -0.15) is 0 Å². The molecule has 0 spiro atoms. The van der Waals surface area contributed by atoms with E-state index in [4.69, 9.17) is 22.1 Å². The number of rotatable bonds is 5. The third-order valence-corrected chi connectivity index (χ3v) is 3.74. The molecule has 0 aromatic heterocycles. The Labute approximate surface area is 114 Å². The fourth-order valence-corrected chi connectivity index (χ4v) is 2.47. The molecule has 1 fully saturated rings. The van der Waals surface area contributed by atoms with E-state index >= 15 is 0 Å². The van der Waals surface area contributed by atoms with Crippen LogP contribution in [-0.2, 0) is 0 Å². The first kappa shape index (κ1) is 13.7. The van der Waals surface area contributed by atoms with E-state index in [-0.39, 0.29) is 6.10 Å². The third kappa shape index (κ3) is 3.16. The van der Waals surface area contributed by atoms with E-state index in [0.29, 0.717) is 17.5 Å². The zero-order chi connectivity index (χ0) is 13.1. The Hall–Kier alpha value is -0.770. The van der Waals surface area contributed by atoms with Gasteiger partial charge in [0.15, 0.2) is 0 Å². The fraction of sp³-hybridized carbons (Fsp3) is 0.571. The zero-order valence-electron chi connectivity index (χ0n) is 11.0. The molecule has 0 saturated carbocycles. The Balaban J connectivity index is 2.00. The van der Waals surface area contributed by atoms with Crippen molar-refractivity contribution in [1.82, 2.24) is 4.90 Å². The monoisotopic (exact) mass is 268 g/mol. The highest BCUT2D eigenvalue weighted by Crippen LogP contribution is 2.31. The third-order valence-electron chi connectivity index (χ3n) is 3.45. The zero-order valence-corrected chi connectivity index (χ0v) is 11.8. The largest absolute Gasteiger partial charge is 0.486 e. The van der Waals surface area contributed by atoms with Gasteiger partial charge in [0.05, 0.1) is 5.02 Å². The van der Waals surface area contributed by atoms with E-state index < -0.39 is 0 Å². The van der Waals surface area contributed by atoms with E-state index in [0.717, 1.165) is 25.3 Å². The molecular formula is C14H21ClN2O. The summed E-state index contributed by atoms with van der Waals surface area (Å²) >= 11 is 6.27. The standard InChI is InChI=1S/C14H21ClN2O/c1-10(5-6-16)11-3-4-14(13(15)7-11)18-12-8-17(2)9-12/h3-4,7,10,12H,5-6,8-9,16H2,1-2H3. The van der Waals surface area contributed by atoms with Crippen molar-refractivity contribution in [3.63, 3.8) is 0 Å². The van der Waals surface area contributed by atoms with Crippen LogP contribution in [0.4, 0.5) is 0 Å². The maximum absolute atomic E-state index is 6.27. The van der Waals surface area contributed by atoms with Crippen LogP contribution in [0, 0.1) is 0 Å². The van der Waals surface area contributed by atoms with Crippen molar-refractivity contribution in [3.8, 4) is 5.75 Å². The van der Waals surface area contributed by atoms with Gasteiger partial charge < -0.3 is 10.5 Å². The summed E-state index contributed by atoms with van der Waals surface area (Å²) in [5, 5.41) is 0.700. The van der Waals surface area contributed by atoms with Gasteiger partial charge in [-0.15, -0.1) is 0 Å². The van der Waals surface area contributed by atoms with Crippen LogP contribution in [0.5, 0.6) is 5.75 Å². The van der Waals surface area contributed by atoms with Crippen LogP contribution in [0.15, 0.2) is 18.2 Å². The van der Waals surface area contributed by atoms with E-state index in [9.17, 15) is 0 Å². The Morgan fingerprint density at radius 1 is 1.50 bits per heavy atom. The first-order valence-electron chi connectivity index (χ1n) is 6.45. The summed E-state index contributed by atoms with van der Waals surface area (Å²) in [6.07, 6.45) is 1.25. The molecule has 0 amide bonds. The highest BCUT2D eigenvalue weighted by atomic mass is 35.5. The van der Waals surface area contributed by atoms with Gasteiger partial charge in [0.1, 0.15) is 11.9 Å². The molecule has 1 aliphatic heterocycles. The van der Waals surface area contributed by atoms with E-state index in [1.165, 1.54) is 5.56 Å². The highest BCUT2D eigenvalue weighted by Gasteiger charge is 2.25. The molecule has 0 aliphatic carbocycles. The first-order chi connectivity index (χ1) is 8.60. The predicted molar refractivity (Wildman–Crippen MR) is 75.5 cm³/mol. The smallest absolute Gasteiger partial charge is 0.138 e. The highest BCUT2D eigenvalue weighted by molar-refractivity contribution is 6.32. The molecule has 4 heteroatoms. The number of nitrogens with two attached hydrogens (primary N) is 1. The van der Waals surface area contributed by atoms with Gasteiger partial charge in [0, 0.05) is 13.1 Å². The molecule has 1 atom stereocenters. The summed E-state index contributed by atoms with van der Waals surface area (Å²) < 4.78 is 5.85. The summed E-state index contributed by atoms with van der Waals surface area (Å²) in [4.78, 5) is 2.22. The Kier molecular flexibility index (Phi) is 4.49. The van der Waals surface area contributed by atoms with Crippen molar-refractivity contribution in [2.24, 2.45) is 5.73 Å². The quantitative estimate of drug-likeness (QED) is 0.892. The van der Waals surface area contributed by atoms with Crippen molar-refractivity contribution in [1.29, 1.82) is 0 Å². The van der Waals surface area contributed by atoms with Gasteiger partial charge in [0.2, 0.25) is 0 Å². The van der Waals surface area contributed by atoms with Crippen molar-refractivity contribution < 1.29 is 4.74 Å². The molecule has 2 rings (SSSR count). The molecule has 1 saturated heterocycles. The first-order valence-corrected chi connectivity index (χ1v) is 6.82. The minimum absolute atomic E-state index is 0.278. The second-order valence-electron chi connectivity index (χ2n) is 5.13. The maximum Gasteiger partial charge on any atom is 0.138 e. The molecule has 1 heterocycles. The number of halogens is 1. The number of benzene rings is 1. The summed E-state index contributed by atoms with van der Waals surface area (Å²) in [7, 11) is 2.08. The molecule has 1 unspecified atom stereocenters. The molecule has 1 aliphatic rings. The van der Waals surface area contributed by atoms with Gasteiger partial charge >= 0.3 is 0 Å². The second kappa shape index (κ2) is 5.91. The summed E-state index contributed by atoms with van der Waals surface area (Å²) in [6.45, 7) is 4.81. The van der Waals surface area contributed by atoms with Crippen LogP contribution in [-0.4, -0.2) is 37.7 Å². The minimum Gasteiger partial charge on any atom is -0.486 e. The molecule has 0 radical (unpaired) electrons. The lowest BCUT2D eigenvalue weighted by Gasteiger charge is -2.36. The van der Waals surface area contributed by atoms with Gasteiger partial charge in [0.25, 0.3) is 0 Å². The molecular weight excluding hydrogens is 248 g/mol. The second-order valence-corrected chi connectivity index (χ2v) is 5.54. The predicted octanol–water partition coefficient (Wildman–Crippen LogP) is 2.49. The number of hydrogen-bond acceptors (Lipinski definition) is 3. The van der Waals surface area contributed by atoms with Gasteiger partial charge in [-0.25, -0.2) is 0 Å². The van der Waals surface area contributed by atoms with Crippen LogP contribution in [0.2, 0.25) is 5.02 Å². The van der Waals surface area contributed by atoms with Gasteiger partial charge in [-0.3, -0.25) is 4.90 Å². The lowest BCUT2D eigenvalue weighted by atomic mass is 9.98. The molecule has 3 nitrogen and oxygen atoms in total. The molecule has 1 aromatic carbocycles. The average Bonchev–Trinajstić information content (AvgIpc) is 2.29. The molecule has 18 heavy (non-hydrogen) atoms. The summed E-state index contributed by atoms with van der Waals surface area (Å²) in [5.41, 5.74) is 6.80. The lowest BCUT2D eigenvalue weighted by molar-refractivity contribution is 0.0389. The number of ether oxygens (including phenoxy) is 1. The van der Waals surface area contributed by atoms with Crippen molar-refractivity contribution in [2.75, 3.05) is 26.7 Å². The van der Waals surface area contributed by atoms with E-state index in [1.807, 2.05) is 12.1 Å². The van der Waals surface area contributed by atoms with E-state index in [1.54, 1.807) is 0 Å². The van der Waals surface area contributed by atoms with Crippen molar-refractivity contribution in [2.45, 2.75) is 25.4 Å². The number of nitrogens with zero attached hydrogens (tertiary/aromatic N) is 1. The Morgan fingerprint density at radius 3 is 2.78 bits per heavy atom. The van der Waals surface area contributed by atoms with Gasteiger partial charge in [-0.05, 0) is 43.6 Å². The van der Waals surface area contributed by atoms with Crippen molar-refractivity contribution in [3.05, 3.63) is 28.8 Å². The molecule has 2 N–H and O–H groups in total. The SMILES string of the molecule is CC(CCN)c1ccc(OC2CN(C)C2)c(Cl)c1. The summed E-state index contributed by atoms with van der Waals surface area (Å²) in [5.74, 6) is 1.23. The number of likely N-dealkylation sites (N-methyl/N-ethyl adjacent to an activating group) is 1. The van der Waals surface area contributed by atoms with Gasteiger partial charge in [-0.1, -0.05) is 24.6 Å². The normalized spacial score (nSPS) is 18.4. The van der Waals surface area contributed by atoms with Crippen LogP contribution in [0.3, 0.4) is 0 Å². The maximum atomic E-state index is 6.27. The number of likely N-dealkylation sites (tertiary alicyclic amines) is 1. The van der Waals surface area contributed by atoms with Crippen LogP contribution in [0.1, 0.15) is 24.8 Å². The fourth-order valence-electron chi connectivity index (χ4n) is 2.23. The molecule has 100 valence electrons. The van der Waals surface area contributed by atoms with Crippen LogP contribution >= 0.6 is 11.6 Å². The molecule has 0 bridgehead atoms. The van der Waals surface area contributed by atoms with E-state index in [2.05, 4.69) is 24.9 Å². The average molecular weight is 269 g/mol. The lowest BCUT2D eigenvalue weighted by Crippen LogP contribution is -2.51. The molecule has 1 aromatic rings. The topological polar surface area (TPSA) is 38.5 Å². The Bertz CT molecular complexity index is 405. The van der Waals surface area contributed by atoms with Crippen molar-refractivity contribution >= 4 is 11.6 Å².